The Morgan fingerprint density at radius 2 is 2.00 bits per heavy atom. The Labute approximate surface area is 86.7 Å². The zero-order valence-corrected chi connectivity index (χ0v) is 9.16. The summed E-state index contributed by atoms with van der Waals surface area (Å²) in [6.45, 7) is 8.16. The first-order valence-electron chi connectivity index (χ1n) is 5.52. The molecule has 1 heteroatoms. The molecule has 0 N–H and O–H groups in total. The van der Waals surface area contributed by atoms with Gasteiger partial charge >= 0.3 is 0 Å². The molecule has 2 rings (SSSR count). The summed E-state index contributed by atoms with van der Waals surface area (Å²) in [6, 6.07) is 8.90. The molecule has 1 aromatic carbocycles. The third kappa shape index (κ3) is 2.36. The minimum absolute atomic E-state index is 0.889. The zero-order chi connectivity index (χ0) is 9.97. The lowest BCUT2D eigenvalue weighted by Gasteiger charge is -2.15. The van der Waals surface area contributed by atoms with Crippen LogP contribution in [0.25, 0.3) is 0 Å². The molecule has 0 spiro atoms. The van der Waals surface area contributed by atoms with Crippen LogP contribution in [0, 0.1) is 12.8 Å². The molecular formula is C13H19N. The largest absolute Gasteiger partial charge is 0.299 e. The van der Waals surface area contributed by atoms with Crippen molar-refractivity contribution in [3.8, 4) is 0 Å². The molecule has 0 aliphatic carbocycles. The van der Waals surface area contributed by atoms with Gasteiger partial charge in [-0.2, -0.15) is 0 Å². The standard InChI is InChI=1S/C13H19N/c1-11-3-5-13(6-4-11)10-14-8-7-12(2)9-14/h3-6,12H,7-10H2,1-2H3. The smallest absolute Gasteiger partial charge is 0.0233 e. The van der Waals surface area contributed by atoms with Crippen molar-refractivity contribution in [2.75, 3.05) is 13.1 Å². The van der Waals surface area contributed by atoms with Gasteiger partial charge in [-0.05, 0) is 31.4 Å². The van der Waals surface area contributed by atoms with Crippen molar-refractivity contribution < 1.29 is 0 Å². The van der Waals surface area contributed by atoms with Gasteiger partial charge in [0.2, 0.25) is 0 Å². The molecule has 1 atom stereocenters. The van der Waals surface area contributed by atoms with Crippen LogP contribution in [-0.2, 0) is 6.54 Å². The van der Waals surface area contributed by atoms with E-state index in [0.29, 0.717) is 0 Å². The Bertz CT molecular complexity index is 289. The predicted molar refractivity (Wildman–Crippen MR) is 60.2 cm³/mol. The van der Waals surface area contributed by atoms with E-state index in [4.69, 9.17) is 0 Å². The van der Waals surface area contributed by atoms with Gasteiger partial charge in [0, 0.05) is 13.1 Å². The first-order valence-corrected chi connectivity index (χ1v) is 5.52. The molecular weight excluding hydrogens is 170 g/mol. The molecule has 1 aliphatic rings. The second kappa shape index (κ2) is 4.14. The SMILES string of the molecule is Cc1ccc(CN2CCC(C)C2)cc1. The molecule has 1 fully saturated rings. The summed E-state index contributed by atoms with van der Waals surface area (Å²) in [5.41, 5.74) is 2.80. The van der Waals surface area contributed by atoms with Crippen molar-refractivity contribution in [3.63, 3.8) is 0 Å². The van der Waals surface area contributed by atoms with Crippen molar-refractivity contribution in [1.29, 1.82) is 0 Å². The third-order valence-electron chi connectivity index (χ3n) is 3.03. The molecule has 1 nitrogen and oxygen atoms in total. The van der Waals surface area contributed by atoms with Gasteiger partial charge in [-0.25, -0.2) is 0 Å². The molecule has 1 aliphatic heterocycles. The number of benzene rings is 1. The van der Waals surface area contributed by atoms with Gasteiger partial charge in [0.15, 0.2) is 0 Å². The van der Waals surface area contributed by atoms with Crippen LogP contribution in [-0.4, -0.2) is 18.0 Å². The molecule has 0 aromatic heterocycles. The fourth-order valence-electron chi connectivity index (χ4n) is 2.12. The maximum atomic E-state index is 2.55. The summed E-state index contributed by atoms with van der Waals surface area (Å²) in [5, 5.41) is 0. The van der Waals surface area contributed by atoms with E-state index in [1.54, 1.807) is 0 Å². The van der Waals surface area contributed by atoms with E-state index >= 15 is 0 Å². The first-order chi connectivity index (χ1) is 6.74. The highest BCUT2D eigenvalue weighted by Gasteiger charge is 2.17. The van der Waals surface area contributed by atoms with Crippen LogP contribution >= 0.6 is 0 Å². The van der Waals surface area contributed by atoms with Crippen molar-refractivity contribution >= 4 is 0 Å². The molecule has 0 saturated carbocycles. The Hall–Kier alpha value is -0.820. The lowest BCUT2D eigenvalue weighted by Crippen LogP contribution is -2.19. The Balaban J connectivity index is 1.94. The van der Waals surface area contributed by atoms with Crippen LogP contribution in [0.3, 0.4) is 0 Å². The van der Waals surface area contributed by atoms with E-state index in [-0.39, 0.29) is 0 Å². The van der Waals surface area contributed by atoms with Gasteiger partial charge in [0.25, 0.3) is 0 Å². The molecule has 76 valence electrons. The highest BCUT2D eigenvalue weighted by Crippen LogP contribution is 2.17. The molecule has 1 unspecified atom stereocenters. The van der Waals surface area contributed by atoms with Gasteiger partial charge in [0.05, 0.1) is 0 Å². The fourth-order valence-corrected chi connectivity index (χ4v) is 2.12. The Morgan fingerprint density at radius 3 is 2.57 bits per heavy atom. The average molecular weight is 189 g/mol. The van der Waals surface area contributed by atoms with Gasteiger partial charge in [-0.1, -0.05) is 36.8 Å². The van der Waals surface area contributed by atoms with E-state index in [2.05, 4.69) is 43.0 Å². The van der Waals surface area contributed by atoms with E-state index < -0.39 is 0 Å². The summed E-state index contributed by atoms with van der Waals surface area (Å²) in [4.78, 5) is 2.55. The van der Waals surface area contributed by atoms with Crippen LogP contribution < -0.4 is 0 Å². The third-order valence-corrected chi connectivity index (χ3v) is 3.03. The first kappa shape index (κ1) is 9.72. The number of hydrogen-bond acceptors (Lipinski definition) is 1. The number of nitrogens with zero attached hydrogens (tertiary/aromatic N) is 1. The summed E-state index contributed by atoms with van der Waals surface area (Å²) >= 11 is 0. The van der Waals surface area contributed by atoms with E-state index in [9.17, 15) is 0 Å². The minimum atomic E-state index is 0.889. The summed E-state index contributed by atoms with van der Waals surface area (Å²) < 4.78 is 0. The number of aryl methyl sites for hydroxylation is 1. The Kier molecular flexibility index (Phi) is 2.87. The van der Waals surface area contributed by atoms with E-state index in [0.717, 1.165) is 12.5 Å². The predicted octanol–water partition coefficient (Wildman–Crippen LogP) is 2.84. The molecule has 0 amide bonds. The maximum absolute atomic E-state index is 2.55. The lowest BCUT2D eigenvalue weighted by molar-refractivity contribution is 0.320. The van der Waals surface area contributed by atoms with E-state index in [1.165, 1.54) is 30.6 Å². The summed E-state index contributed by atoms with van der Waals surface area (Å²) in [6.07, 6.45) is 1.37. The van der Waals surface area contributed by atoms with Crippen molar-refractivity contribution in [2.45, 2.75) is 26.8 Å². The summed E-state index contributed by atoms with van der Waals surface area (Å²) in [5.74, 6) is 0.889. The fraction of sp³-hybridized carbons (Fsp3) is 0.538. The highest BCUT2D eigenvalue weighted by molar-refractivity contribution is 5.21. The second-order valence-electron chi connectivity index (χ2n) is 4.61. The minimum Gasteiger partial charge on any atom is -0.299 e. The topological polar surface area (TPSA) is 3.24 Å². The molecule has 1 heterocycles. The van der Waals surface area contributed by atoms with Crippen molar-refractivity contribution in [1.82, 2.24) is 4.90 Å². The monoisotopic (exact) mass is 189 g/mol. The van der Waals surface area contributed by atoms with Crippen LogP contribution in [0.5, 0.6) is 0 Å². The van der Waals surface area contributed by atoms with Crippen LogP contribution in [0.2, 0.25) is 0 Å². The quantitative estimate of drug-likeness (QED) is 0.691. The van der Waals surface area contributed by atoms with Gasteiger partial charge in [0.1, 0.15) is 0 Å². The number of rotatable bonds is 2. The molecule has 14 heavy (non-hydrogen) atoms. The average Bonchev–Trinajstić information content (AvgIpc) is 2.56. The lowest BCUT2D eigenvalue weighted by atomic mass is 10.1. The maximum Gasteiger partial charge on any atom is 0.0233 e. The normalized spacial score (nSPS) is 22.9. The highest BCUT2D eigenvalue weighted by atomic mass is 15.1. The molecule has 0 radical (unpaired) electrons. The number of hydrogen-bond donors (Lipinski definition) is 0. The summed E-state index contributed by atoms with van der Waals surface area (Å²) in [7, 11) is 0. The van der Waals surface area contributed by atoms with Gasteiger partial charge < -0.3 is 0 Å². The van der Waals surface area contributed by atoms with Crippen molar-refractivity contribution in [2.24, 2.45) is 5.92 Å². The second-order valence-corrected chi connectivity index (χ2v) is 4.61. The molecule has 1 saturated heterocycles. The van der Waals surface area contributed by atoms with Crippen LogP contribution in [0.15, 0.2) is 24.3 Å². The van der Waals surface area contributed by atoms with E-state index in [1.807, 2.05) is 0 Å². The molecule has 1 aromatic rings. The zero-order valence-electron chi connectivity index (χ0n) is 9.16. The van der Waals surface area contributed by atoms with Crippen molar-refractivity contribution in [3.05, 3.63) is 35.4 Å². The van der Waals surface area contributed by atoms with Gasteiger partial charge in [-0.3, -0.25) is 4.90 Å². The van der Waals surface area contributed by atoms with Gasteiger partial charge in [-0.15, -0.1) is 0 Å². The molecule has 0 bridgehead atoms. The van der Waals surface area contributed by atoms with Crippen LogP contribution in [0.1, 0.15) is 24.5 Å². The Morgan fingerprint density at radius 1 is 1.29 bits per heavy atom. The number of likely N-dealkylation sites (tertiary alicyclic amines) is 1. The van der Waals surface area contributed by atoms with Crippen LogP contribution in [0.4, 0.5) is 0 Å².